The number of hydrogen-bond donors (Lipinski definition) is 3. The standard InChI is InChI=1S/C23H22F2N4O3/c1-13-7-8-18(17(25)9-13)28-19-10-14(24)11-20(21(19)22(26)30)32-16-6-4-5-15(12-16)27-23(31)29(2)3/h4-12,28H,1-3H3,(H2,26,30)(H,27,31). The van der Waals surface area contributed by atoms with Gasteiger partial charge in [-0.2, -0.15) is 0 Å². The van der Waals surface area contributed by atoms with Crippen molar-refractivity contribution in [3.05, 3.63) is 77.4 Å². The first kappa shape index (κ1) is 22.5. The van der Waals surface area contributed by atoms with Gasteiger partial charge in [0, 0.05) is 31.9 Å². The van der Waals surface area contributed by atoms with Gasteiger partial charge in [-0.3, -0.25) is 4.79 Å². The summed E-state index contributed by atoms with van der Waals surface area (Å²) >= 11 is 0. The first-order valence-corrected chi connectivity index (χ1v) is 9.57. The summed E-state index contributed by atoms with van der Waals surface area (Å²) in [5, 5.41) is 5.37. The van der Waals surface area contributed by atoms with E-state index in [9.17, 15) is 18.4 Å². The van der Waals surface area contributed by atoms with Crippen LogP contribution >= 0.6 is 0 Å². The Hall–Kier alpha value is -4.14. The van der Waals surface area contributed by atoms with Gasteiger partial charge in [-0.15, -0.1) is 0 Å². The van der Waals surface area contributed by atoms with E-state index in [1.807, 2.05) is 0 Å². The first-order valence-electron chi connectivity index (χ1n) is 9.57. The average Bonchev–Trinajstić information content (AvgIpc) is 2.69. The fraction of sp³-hybridized carbons (Fsp3) is 0.130. The lowest BCUT2D eigenvalue weighted by Crippen LogP contribution is -2.27. The van der Waals surface area contributed by atoms with Crippen molar-refractivity contribution >= 4 is 29.0 Å². The highest BCUT2D eigenvalue weighted by molar-refractivity contribution is 6.02. The molecule has 0 spiro atoms. The van der Waals surface area contributed by atoms with Gasteiger partial charge in [0.15, 0.2) is 0 Å². The third-order valence-corrected chi connectivity index (χ3v) is 4.43. The molecule has 3 aromatic rings. The van der Waals surface area contributed by atoms with Crippen molar-refractivity contribution in [3.8, 4) is 11.5 Å². The molecule has 3 aromatic carbocycles. The lowest BCUT2D eigenvalue weighted by molar-refractivity contribution is 0.0999. The molecule has 0 aromatic heterocycles. The Balaban J connectivity index is 1.97. The normalized spacial score (nSPS) is 10.4. The van der Waals surface area contributed by atoms with E-state index in [1.54, 1.807) is 45.3 Å². The van der Waals surface area contributed by atoms with Crippen LogP contribution in [0.5, 0.6) is 11.5 Å². The van der Waals surface area contributed by atoms with Crippen LogP contribution in [0.4, 0.5) is 30.6 Å². The number of amides is 3. The number of carbonyl (C=O) groups excluding carboxylic acids is 2. The molecule has 0 aliphatic rings. The summed E-state index contributed by atoms with van der Waals surface area (Å²) in [4.78, 5) is 25.4. The Morgan fingerprint density at radius 1 is 1.00 bits per heavy atom. The van der Waals surface area contributed by atoms with E-state index in [2.05, 4.69) is 10.6 Å². The van der Waals surface area contributed by atoms with Crippen LogP contribution in [0.15, 0.2) is 54.6 Å². The zero-order chi connectivity index (χ0) is 23.4. The highest BCUT2D eigenvalue weighted by atomic mass is 19.1. The number of nitrogens with two attached hydrogens (primary N) is 1. The fourth-order valence-electron chi connectivity index (χ4n) is 2.88. The molecule has 0 atom stereocenters. The number of halogens is 2. The van der Waals surface area contributed by atoms with Crippen molar-refractivity contribution < 1.29 is 23.1 Å². The summed E-state index contributed by atoms with van der Waals surface area (Å²) in [7, 11) is 3.18. The Labute approximate surface area is 183 Å². The smallest absolute Gasteiger partial charge is 0.321 e. The SMILES string of the molecule is Cc1ccc(Nc2cc(F)cc(Oc3cccc(NC(=O)N(C)C)c3)c2C(N)=O)c(F)c1. The van der Waals surface area contributed by atoms with Crippen LogP contribution in [0.3, 0.4) is 0 Å². The van der Waals surface area contributed by atoms with E-state index in [0.717, 1.165) is 12.1 Å². The summed E-state index contributed by atoms with van der Waals surface area (Å²) in [5.41, 5.74) is 6.49. The van der Waals surface area contributed by atoms with Crippen LogP contribution in [0.2, 0.25) is 0 Å². The topological polar surface area (TPSA) is 96.7 Å². The maximum atomic E-state index is 14.4. The van der Waals surface area contributed by atoms with Gasteiger partial charge in [0.05, 0.1) is 11.4 Å². The number of nitrogens with one attached hydrogen (secondary N) is 2. The molecule has 0 bridgehead atoms. The summed E-state index contributed by atoms with van der Waals surface area (Å²) in [6, 6.07) is 12.4. The third kappa shape index (κ3) is 5.31. The monoisotopic (exact) mass is 440 g/mol. The predicted molar refractivity (Wildman–Crippen MR) is 119 cm³/mol. The molecule has 0 saturated heterocycles. The molecule has 0 aliphatic carbocycles. The van der Waals surface area contributed by atoms with Crippen LogP contribution in [0.1, 0.15) is 15.9 Å². The summed E-state index contributed by atoms with van der Waals surface area (Å²) < 4.78 is 34.4. The molecule has 32 heavy (non-hydrogen) atoms. The maximum Gasteiger partial charge on any atom is 0.321 e. The number of primary amides is 1. The summed E-state index contributed by atoms with van der Waals surface area (Å²) in [6.45, 7) is 1.73. The largest absolute Gasteiger partial charge is 0.456 e. The molecule has 7 nitrogen and oxygen atoms in total. The summed E-state index contributed by atoms with van der Waals surface area (Å²) in [6.07, 6.45) is 0. The van der Waals surface area contributed by atoms with Crippen LogP contribution in [0.25, 0.3) is 0 Å². The van der Waals surface area contributed by atoms with Crippen molar-refractivity contribution in [1.82, 2.24) is 4.90 Å². The predicted octanol–water partition coefficient (Wildman–Crippen LogP) is 5.00. The Kier molecular flexibility index (Phi) is 6.58. The lowest BCUT2D eigenvalue weighted by atomic mass is 10.1. The Morgan fingerprint density at radius 3 is 2.41 bits per heavy atom. The molecule has 3 amide bonds. The van der Waals surface area contributed by atoms with Crippen molar-refractivity contribution in [1.29, 1.82) is 0 Å². The number of anilines is 3. The maximum absolute atomic E-state index is 14.4. The van der Waals surface area contributed by atoms with Gasteiger partial charge in [-0.25, -0.2) is 13.6 Å². The van der Waals surface area contributed by atoms with E-state index >= 15 is 0 Å². The second-order valence-corrected chi connectivity index (χ2v) is 7.25. The fourth-order valence-corrected chi connectivity index (χ4v) is 2.88. The van der Waals surface area contributed by atoms with Gasteiger partial charge in [-0.1, -0.05) is 12.1 Å². The van der Waals surface area contributed by atoms with Gasteiger partial charge in [-0.05, 0) is 42.8 Å². The van der Waals surface area contributed by atoms with Gasteiger partial charge < -0.3 is 26.0 Å². The minimum absolute atomic E-state index is 0.0445. The number of benzene rings is 3. The number of carbonyl (C=O) groups is 2. The minimum atomic E-state index is -0.896. The Morgan fingerprint density at radius 2 is 1.75 bits per heavy atom. The average molecular weight is 440 g/mol. The zero-order valence-electron chi connectivity index (χ0n) is 17.7. The van der Waals surface area contributed by atoms with Crippen molar-refractivity contribution in [2.75, 3.05) is 24.7 Å². The Bertz CT molecular complexity index is 1180. The molecule has 166 valence electrons. The summed E-state index contributed by atoms with van der Waals surface area (Å²) in [5.74, 6) is -2.13. The number of hydrogen-bond acceptors (Lipinski definition) is 4. The third-order valence-electron chi connectivity index (χ3n) is 4.43. The van der Waals surface area contributed by atoms with Gasteiger partial charge >= 0.3 is 6.03 Å². The molecule has 0 fully saturated rings. The van der Waals surface area contributed by atoms with Crippen LogP contribution in [-0.4, -0.2) is 30.9 Å². The van der Waals surface area contributed by atoms with Gasteiger partial charge in [0.1, 0.15) is 28.7 Å². The molecule has 0 radical (unpaired) electrons. The van der Waals surface area contributed by atoms with E-state index in [1.165, 1.54) is 23.1 Å². The van der Waals surface area contributed by atoms with Crippen molar-refractivity contribution in [2.24, 2.45) is 5.73 Å². The molecule has 9 heteroatoms. The van der Waals surface area contributed by atoms with E-state index in [4.69, 9.17) is 10.5 Å². The highest BCUT2D eigenvalue weighted by Gasteiger charge is 2.20. The molecule has 4 N–H and O–H groups in total. The number of aryl methyl sites for hydroxylation is 1. The van der Waals surface area contributed by atoms with Crippen molar-refractivity contribution in [3.63, 3.8) is 0 Å². The number of ether oxygens (including phenoxy) is 1. The second kappa shape index (κ2) is 9.34. The van der Waals surface area contributed by atoms with E-state index in [0.29, 0.717) is 11.3 Å². The molecule has 0 heterocycles. The minimum Gasteiger partial charge on any atom is -0.456 e. The molecule has 0 unspecified atom stereocenters. The van der Waals surface area contributed by atoms with Crippen LogP contribution in [-0.2, 0) is 0 Å². The van der Waals surface area contributed by atoms with Crippen molar-refractivity contribution in [2.45, 2.75) is 6.92 Å². The first-order chi connectivity index (χ1) is 15.1. The molecule has 0 aliphatic heterocycles. The lowest BCUT2D eigenvalue weighted by Gasteiger charge is -2.17. The molecular formula is C23H22F2N4O3. The highest BCUT2D eigenvalue weighted by Crippen LogP contribution is 2.34. The van der Waals surface area contributed by atoms with E-state index in [-0.39, 0.29) is 34.5 Å². The molecule has 0 saturated carbocycles. The van der Waals surface area contributed by atoms with Crippen LogP contribution < -0.4 is 21.1 Å². The second-order valence-electron chi connectivity index (χ2n) is 7.25. The number of rotatable bonds is 6. The molecule has 3 rings (SSSR count). The number of urea groups is 1. The van der Waals surface area contributed by atoms with Gasteiger partial charge in [0.2, 0.25) is 0 Å². The molecular weight excluding hydrogens is 418 g/mol. The zero-order valence-corrected chi connectivity index (χ0v) is 17.7. The van der Waals surface area contributed by atoms with E-state index < -0.39 is 17.5 Å². The van der Waals surface area contributed by atoms with Crippen LogP contribution in [0, 0.1) is 18.6 Å². The number of nitrogens with zero attached hydrogens (tertiary/aromatic N) is 1. The van der Waals surface area contributed by atoms with Gasteiger partial charge in [0.25, 0.3) is 5.91 Å². The quantitative estimate of drug-likeness (QED) is 0.502.